The Morgan fingerprint density at radius 2 is 2.04 bits per heavy atom. The molecule has 5 unspecified atom stereocenters. The van der Waals surface area contributed by atoms with Gasteiger partial charge >= 0.3 is 6.18 Å². The van der Waals surface area contributed by atoms with Gasteiger partial charge in [-0.25, -0.2) is 15.0 Å². The number of aliphatic hydroxyl groups is 1. The minimum absolute atomic E-state index is 0.0271. The van der Waals surface area contributed by atoms with E-state index in [0.29, 0.717) is 35.7 Å². The van der Waals surface area contributed by atoms with Crippen LogP contribution < -0.4 is 5.32 Å². The van der Waals surface area contributed by atoms with E-state index in [-0.39, 0.29) is 28.8 Å². The summed E-state index contributed by atoms with van der Waals surface area (Å²) in [6.07, 6.45) is 4.93. The van der Waals surface area contributed by atoms with E-state index >= 15 is 0 Å². The lowest BCUT2D eigenvalue weighted by molar-refractivity contribution is -0.137. The lowest BCUT2D eigenvalue weighted by Gasteiger charge is -2.29. The number of nitrogens with zero attached hydrogens (tertiary/aromatic N) is 5. The van der Waals surface area contributed by atoms with Crippen LogP contribution in [0.25, 0.3) is 22.1 Å². The van der Waals surface area contributed by atoms with Gasteiger partial charge in [-0.3, -0.25) is 0 Å². The number of unbranched alkanes of at least 4 members (excludes halogenated alkanes) is 1. The molecule has 0 radical (unpaired) electrons. The molecule has 6 rings (SSSR count). The first-order valence-electron chi connectivity index (χ1n) is 16.2. The van der Waals surface area contributed by atoms with E-state index in [1.807, 2.05) is 13.8 Å². The van der Waals surface area contributed by atoms with Gasteiger partial charge in [-0.15, -0.1) is 5.92 Å². The molecule has 0 aliphatic heterocycles. The van der Waals surface area contributed by atoms with E-state index in [4.69, 9.17) is 11.6 Å². The van der Waals surface area contributed by atoms with Crippen molar-refractivity contribution in [1.29, 1.82) is 0 Å². The fourth-order valence-electron chi connectivity index (χ4n) is 7.16. The van der Waals surface area contributed by atoms with Crippen LogP contribution >= 0.6 is 11.6 Å². The Kier molecular flexibility index (Phi) is 9.51. The topological polar surface area (TPSA) is 94.9 Å². The molecule has 246 valence electrons. The number of aryl methyl sites for hydroxylation is 1. The first kappa shape index (κ1) is 32.6. The van der Waals surface area contributed by atoms with Gasteiger partial charge in [0, 0.05) is 43.1 Å². The summed E-state index contributed by atoms with van der Waals surface area (Å²) in [5.41, 5.74) is 0.797. The Labute approximate surface area is 272 Å². The molecule has 1 aromatic carbocycles. The van der Waals surface area contributed by atoms with Crippen molar-refractivity contribution in [1.82, 2.24) is 29.4 Å². The van der Waals surface area contributed by atoms with Crippen LogP contribution in [-0.2, 0) is 12.6 Å². The van der Waals surface area contributed by atoms with Gasteiger partial charge in [0.25, 0.3) is 0 Å². The second kappa shape index (κ2) is 13.4. The van der Waals surface area contributed by atoms with Crippen molar-refractivity contribution in [2.45, 2.75) is 83.2 Å². The number of anilines is 1. The zero-order valence-electron chi connectivity index (χ0n) is 26.4. The molecule has 2 aliphatic rings. The van der Waals surface area contributed by atoms with Gasteiger partial charge < -0.3 is 24.9 Å². The Hall–Kier alpha value is -3.33. The van der Waals surface area contributed by atoms with Crippen LogP contribution in [0.1, 0.15) is 69.8 Å². The highest BCUT2D eigenvalue weighted by Gasteiger charge is 2.47. The maximum Gasteiger partial charge on any atom is 0.417 e. The van der Waals surface area contributed by atoms with E-state index in [0.717, 1.165) is 68.1 Å². The number of H-pyrrole nitrogens is 1. The third-order valence-electron chi connectivity index (χ3n) is 9.54. The summed E-state index contributed by atoms with van der Waals surface area (Å²) < 4.78 is 42.0. The molecule has 2 aliphatic carbocycles. The number of fused-ring (bicyclic) bond motifs is 2. The second-order valence-electron chi connectivity index (χ2n) is 12.9. The quantitative estimate of drug-likeness (QED) is 0.111. The summed E-state index contributed by atoms with van der Waals surface area (Å²) in [7, 11) is 2.12. The monoisotopic (exact) mass is 655 g/mol. The summed E-state index contributed by atoms with van der Waals surface area (Å²) >= 11 is 5.87. The summed E-state index contributed by atoms with van der Waals surface area (Å²) in [5.74, 6) is 8.44. The normalized spacial score (nSPS) is 22.5. The first-order chi connectivity index (χ1) is 22.1. The Bertz CT molecular complexity index is 1740. The van der Waals surface area contributed by atoms with Crippen LogP contribution in [0.3, 0.4) is 0 Å². The highest BCUT2D eigenvalue weighted by molar-refractivity contribution is 6.32. The number of halogens is 4. The number of hydrogen-bond donors (Lipinski definition) is 3. The van der Waals surface area contributed by atoms with Crippen molar-refractivity contribution in [3.63, 3.8) is 0 Å². The van der Waals surface area contributed by atoms with Crippen LogP contribution in [0, 0.1) is 29.6 Å². The third kappa shape index (κ3) is 6.85. The third-order valence-corrected chi connectivity index (χ3v) is 9.86. The summed E-state index contributed by atoms with van der Waals surface area (Å²) in [6.45, 7) is 5.59. The number of aromatic amines is 1. The molecule has 5 atom stereocenters. The number of aromatic nitrogens is 5. The van der Waals surface area contributed by atoms with E-state index in [1.165, 1.54) is 6.07 Å². The van der Waals surface area contributed by atoms with Crippen LogP contribution in [0.2, 0.25) is 5.02 Å². The van der Waals surface area contributed by atoms with Crippen molar-refractivity contribution in [3.05, 3.63) is 47.1 Å². The lowest BCUT2D eigenvalue weighted by Crippen LogP contribution is -2.33. The molecule has 3 aromatic heterocycles. The smallest absolute Gasteiger partial charge is 0.393 e. The predicted octanol–water partition coefficient (Wildman–Crippen LogP) is 7.10. The molecule has 0 amide bonds. The van der Waals surface area contributed by atoms with Gasteiger partial charge in [-0.2, -0.15) is 13.2 Å². The highest BCUT2D eigenvalue weighted by Crippen LogP contribution is 2.48. The zero-order chi connectivity index (χ0) is 32.6. The minimum atomic E-state index is -4.52. The number of rotatable bonds is 12. The molecule has 4 aromatic rings. The van der Waals surface area contributed by atoms with Gasteiger partial charge in [0.05, 0.1) is 33.1 Å². The molecule has 0 spiro atoms. The number of nitrogens with one attached hydrogen (secondary N) is 2. The molecule has 3 N–H and O–H groups in total. The number of benzene rings is 1. The average Bonchev–Trinajstić information content (AvgIpc) is 3.42. The summed E-state index contributed by atoms with van der Waals surface area (Å²) in [4.78, 5) is 19.0. The standard InChI is InChI=1S/C34H41ClF3N7O/c1-4-8-22-20(18-44(3)13-7-6-9-30-42-26-16-24(34(36,37)38)25(35)17-27(26)43-30)15-28(31(22)29(46)5-2)45-14-12-23-32(41-21-10-11-21)39-19-40-33(23)45/h12,14,16-17,19-22,28-29,31,46H,5-7,9-11,13,15,18H2,1-3H3,(H,42,43)(H,39,40,41). The van der Waals surface area contributed by atoms with E-state index in [2.05, 4.69) is 65.9 Å². The van der Waals surface area contributed by atoms with Gasteiger partial charge in [0.2, 0.25) is 0 Å². The van der Waals surface area contributed by atoms with Crippen molar-refractivity contribution in [2.24, 2.45) is 17.8 Å². The van der Waals surface area contributed by atoms with Crippen LogP contribution in [-0.4, -0.2) is 66.8 Å². The van der Waals surface area contributed by atoms with E-state index < -0.39 is 17.8 Å². The molecule has 46 heavy (non-hydrogen) atoms. The van der Waals surface area contributed by atoms with E-state index in [1.54, 1.807) is 6.33 Å². The summed E-state index contributed by atoms with van der Waals surface area (Å²) in [6, 6.07) is 4.92. The van der Waals surface area contributed by atoms with Crippen LogP contribution in [0.5, 0.6) is 0 Å². The first-order valence-corrected chi connectivity index (χ1v) is 16.6. The average molecular weight is 656 g/mol. The lowest BCUT2D eigenvalue weighted by atomic mass is 9.84. The zero-order valence-corrected chi connectivity index (χ0v) is 27.2. The van der Waals surface area contributed by atoms with Gasteiger partial charge in [0.15, 0.2) is 0 Å². The molecular formula is C34H41ClF3N7O. The fourth-order valence-corrected chi connectivity index (χ4v) is 7.43. The maximum atomic E-state index is 13.3. The minimum Gasteiger partial charge on any atom is -0.393 e. The Balaban J connectivity index is 1.11. The van der Waals surface area contributed by atoms with Gasteiger partial charge in [-0.05, 0) is 83.2 Å². The Morgan fingerprint density at radius 3 is 2.76 bits per heavy atom. The molecule has 2 fully saturated rings. The number of hydrogen-bond acceptors (Lipinski definition) is 6. The SMILES string of the molecule is CC#CC1C(CN(C)CCCCc2nc3cc(Cl)c(C(F)(F)F)cc3[nH]2)CC(n2ccc3c(NC4CC4)ncnc32)C1C(O)CC. The largest absolute Gasteiger partial charge is 0.417 e. The van der Waals surface area contributed by atoms with Crippen molar-refractivity contribution >= 4 is 39.5 Å². The van der Waals surface area contributed by atoms with Crippen molar-refractivity contribution in [3.8, 4) is 11.8 Å². The number of alkyl halides is 3. The van der Waals surface area contributed by atoms with Gasteiger partial charge in [0.1, 0.15) is 23.6 Å². The predicted molar refractivity (Wildman–Crippen MR) is 175 cm³/mol. The molecule has 3 heterocycles. The molecule has 0 bridgehead atoms. The van der Waals surface area contributed by atoms with Crippen molar-refractivity contribution < 1.29 is 18.3 Å². The van der Waals surface area contributed by atoms with Crippen molar-refractivity contribution in [2.75, 3.05) is 25.5 Å². The summed E-state index contributed by atoms with van der Waals surface area (Å²) in [5, 5.41) is 15.5. The van der Waals surface area contributed by atoms with Gasteiger partial charge in [-0.1, -0.05) is 24.4 Å². The molecular weight excluding hydrogens is 615 g/mol. The van der Waals surface area contributed by atoms with Crippen LogP contribution in [0.4, 0.5) is 19.0 Å². The maximum absolute atomic E-state index is 13.3. The fraction of sp³-hybridized carbons (Fsp3) is 0.559. The Morgan fingerprint density at radius 1 is 1.24 bits per heavy atom. The molecule has 8 nitrogen and oxygen atoms in total. The van der Waals surface area contributed by atoms with Crippen LogP contribution in [0.15, 0.2) is 30.7 Å². The second-order valence-corrected chi connectivity index (χ2v) is 13.3. The van der Waals surface area contributed by atoms with E-state index in [9.17, 15) is 18.3 Å². The molecule has 2 saturated carbocycles. The molecule has 0 saturated heterocycles. The number of imidazole rings is 1. The highest BCUT2D eigenvalue weighted by atomic mass is 35.5. The molecule has 12 heteroatoms. The number of aliphatic hydroxyl groups excluding tert-OH is 1.